The fourth-order valence-corrected chi connectivity index (χ4v) is 7.47. The van der Waals surface area contributed by atoms with Gasteiger partial charge in [0.1, 0.15) is 6.61 Å². The van der Waals surface area contributed by atoms with Gasteiger partial charge in [-0.1, -0.05) is 39.3 Å². The van der Waals surface area contributed by atoms with Crippen LogP contribution < -0.4 is 4.90 Å². The topological polar surface area (TPSA) is 76.0 Å². The van der Waals surface area contributed by atoms with E-state index in [0.717, 1.165) is 4.47 Å². The molecule has 2 aliphatic heterocycles. The van der Waals surface area contributed by atoms with E-state index in [1.54, 1.807) is 17.0 Å². The first-order valence-electron chi connectivity index (χ1n) is 7.02. The van der Waals surface area contributed by atoms with E-state index in [2.05, 4.69) is 20.9 Å². The zero-order valence-corrected chi connectivity index (χ0v) is 16.6. The van der Waals surface area contributed by atoms with Crippen molar-refractivity contribution in [2.24, 2.45) is 4.99 Å². The molecule has 0 saturated carbocycles. The van der Waals surface area contributed by atoms with Gasteiger partial charge in [0.05, 0.1) is 28.3 Å². The number of rotatable bonds is 3. The van der Waals surface area contributed by atoms with E-state index >= 15 is 0 Å². The predicted molar refractivity (Wildman–Crippen MR) is 99.8 cm³/mol. The fourth-order valence-electron chi connectivity index (χ4n) is 2.79. The molecule has 0 spiro atoms. The highest BCUT2D eigenvalue weighted by molar-refractivity contribution is 9.10. The van der Waals surface area contributed by atoms with Crippen LogP contribution in [0.25, 0.3) is 0 Å². The molecule has 130 valence electrons. The molecule has 2 unspecified atom stereocenters. The number of amides is 1. The summed E-state index contributed by atoms with van der Waals surface area (Å²) in [6, 6.07) is 5.05. The molecule has 0 aromatic heterocycles. The lowest BCUT2D eigenvalue weighted by molar-refractivity contribution is -0.121. The van der Waals surface area contributed by atoms with Crippen LogP contribution in [0.5, 0.6) is 0 Å². The minimum Gasteiger partial charge on any atom is -0.375 e. The number of amidine groups is 1. The molecule has 0 N–H and O–H groups in total. The second-order valence-corrected chi connectivity index (χ2v) is 10.2. The number of nitrogens with zero attached hydrogens (tertiary/aromatic N) is 2. The summed E-state index contributed by atoms with van der Waals surface area (Å²) < 4.78 is 29.6. The van der Waals surface area contributed by atoms with Gasteiger partial charge >= 0.3 is 0 Å². The van der Waals surface area contributed by atoms with Crippen LogP contribution >= 0.6 is 39.3 Å². The molecule has 0 aliphatic carbocycles. The van der Waals surface area contributed by atoms with Gasteiger partial charge in [-0.05, 0) is 18.2 Å². The highest BCUT2D eigenvalue weighted by atomic mass is 79.9. The number of ether oxygens (including phenoxy) is 1. The number of hydrogen-bond acceptors (Lipinski definition) is 5. The van der Waals surface area contributed by atoms with E-state index in [9.17, 15) is 13.2 Å². The van der Waals surface area contributed by atoms with Crippen LogP contribution in [-0.4, -0.2) is 56.0 Å². The summed E-state index contributed by atoms with van der Waals surface area (Å²) in [6.07, 6.45) is 0. The molecule has 1 aromatic carbocycles. The van der Waals surface area contributed by atoms with E-state index < -0.39 is 15.7 Å². The maximum absolute atomic E-state index is 12.0. The quantitative estimate of drug-likeness (QED) is 0.699. The van der Waals surface area contributed by atoms with Crippen molar-refractivity contribution in [1.82, 2.24) is 0 Å². The number of halogens is 2. The number of methoxy groups -OCH3 is 1. The summed E-state index contributed by atoms with van der Waals surface area (Å²) in [7, 11) is -1.69. The highest BCUT2D eigenvalue weighted by Gasteiger charge is 2.49. The van der Waals surface area contributed by atoms with E-state index in [-0.39, 0.29) is 29.4 Å². The second-order valence-electron chi connectivity index (χ2n) is 5.49. The molecule has 2 saturated heterocycles. The van der Waals surface area contributed by atoms with Crippen LogP contribution in [0.2, 0.25) is 5.02 Å². The van der Waals surface area contributed by atoms with E-state index in [0.29, 0.717) is 15.9 Å². The number of fused-ring (bicyclic) bond motifs is 1. The van der Waals surface area contributed by atoms with E-state index in [4.69, 9.17) is 16.3 Å². The standard InChI is InChI=1S/C14H14BrClN2O4S2/c1-22-5-13(19)17-14-18(10-3-2-8(15)4-9(10)16)11-6-24(20,21)7-12(11)23-14/h2-4,11-12H,5-7H2,1H3. The zero-order chi connectivity index (χ0) is 17.5. The average Bonchev–Trinajstić information content (AvgIpc) is 2.91. The molecule has 10 heteroatoms. The Balaban J connectivity index is 2.03. The van der Waals surface area contributed by atoms with Crippen molar-refractivity contribution in [3.05, 3.63) is 27.7 Å². The monoisotopic (exact) mass is 452 g/mol. The lowest BCUT2D eigenvalue weighted by Crippen LogP contribution is -2.38. The summed E-state index contributed by atoms with van der Waals surface area (Å²) in [4.78, 5) is 17.7. The first kappa shape index (κ1) is 18.2. The van der Waals surface area contributed by atoms with Gasteiger partial charge in [0.15, 0.2) is 15.0 Å². The van der Waals surface area contributed by atoms with Crippen LogP contribution in [0.3, 0.4) is 0 Å². The van der Waals surface area contributed by atoms with Crippen molar-refractivity contribution < 1.29 is 17.9 Å². The zero-order valence-electron chi connectivity index (χ0n) is 12.6. The number of anilines is 1. The van der Waals surface area contributed by atoms with Gasteiger partial charge in [0, 0.05) is 16.8 Å². The summed E-state index contributed by atoms with van der Waals surface area (Å²) >= 11 is 11.0. The maximum atomic E-state index is 12.0. The summed E-state index contributed by atoms with van der Waals surface area (Å²) in [5.74, 6) is -0.319. The number of benzene rings is 1. The first-order valence-corrected chi connectivity index (χ1v) is 10.9. The Morgan fingerprint density at radius 3 is 2.92 bits per heavy atom. The summed E-state index contributed by atoms with van der Waals surface area (Å²) in [5.41, 5.74) is 0.640. The Labute approximate surface area is 157 Å². The molecule has 3 rings (SSSR count). The number of thioether (sulfide) groups is 1. The molecule has 2 atom stereocenters. The molecule has 2 fully saturated rings. The minimum absolute atomic E-state index is 0.0224. The highest BCUT2D eigenvalue weighted by Crippen LogP contribution is 2.43. The Hall–Kier alpha value is -0.610. The van der Waals surface area contributed by atoms with Gasteiger partial charge in [-0.25, -0.2) is 8.42 Å². The van der Waals surface area contributed by atoms with Gasteiger partial charge in [-0.3, -0.25) is 4.79 Å². The Morgan fingerprint density at radius 2 is 2.25 bits per heavy atom. The van der Waals surface area contributed by atoms with Crippen LogP contribution in [0, 0.1) is 0 Å². The van der Waals surface area contributed by atoms with E-state index in [1.807, 2.05) is 6.07 Å². The van der Waals surface area contributed by atoms with E-state index in [1.165, 1.54) is 18.9 Å². The van der Waals surface area contributed by atoms with Crippen LogP contribution in [-0.2, 0) is 19.4 Å². The Kier molecular flexibility index (Phi) is 5.27. The lowest BCUT2D eigenvalue weighted by atomic mass is 10.2. The molecule has 1 amide bonds. The van der Waals surface area contributed by atoms with Gasteiger partial charge in [0.25, 0.3) is 5.91 Å². The van der Waals surface area contributed by atoms with Crippen LogP contribution in [0.1, 0.15) is 0 Å². The molecular weight excluding hydrogens is 440 g/mol. The molecule has 2 heterocycles. The third-order valence-electron chi connectivity index (χ3n) is 3.72. The van der Waals surface area contributed by atoms with Crippen molar-refractivity contribution >= 4 is 65.9 Å². The van der Waals surface area contributed by atoms with Gasteiger partial charge in [-0.2, -0.15) is 4.99 Å². The van der Waals surface area contributed by atoms with Crippen molar-refractivity contribution in [2.75, 3.05) is 30.1 Å². The predicted octanol–water partition coefficient (Wildman–Crippen LogP) is 2.35. The number of hydrogen-bond donors (Lipinski definition) is 0. The Bertz CT molecular complexity index is 815. The van der Waals surface area contributed by atoms with Crippen LogP contribution in [0.4, 0.5) is 5.69 Å². The normalized spacial score (nSPS) is 26.8. The molecule has 24 heavy (non-hydrogen) atoms. The first-order chi connectivity index (χ1) is 11.3. The van der Waals surface area contributed by atoms with Gasteiger partial charge in [0.2, 0.25) is 0 Å². The molecule has 2 aliphatic rings. The smallest absolute Gasteiger partial charge is 0.274 e. The molecule has 0 radical (unpaired) electrons. The van der Waals surface area contributed by atoms with Gasteiger partial charge < -0.3 is 9.64 Å². The van der Waals surface area contributed by atoms with Crippen molar-refractivity contribution in [3.63, 3.8) is 0 Å². The Morgan fingerprint density at radius 1 is 1.50 bits per heavy atom. The largest absolute Gasteiger partial charge is 0.375 e. The average molecular weight is 454 g/mol. The number of aliphatic imine (C=N–C) groups is 1. The number of sulfone groups is 1. The number of carbonyl (C=O) groups is 1. The third-order valence-corrected chi connectivity index (χ3v) is 7.73. The van der Waals surface area contributed by atoms with Crippen molar-refractivity contribution in [3.8, 4) is 0 Å². The minimum atomic E-state index is -3.11. The van der Waals surface area contributed by atoms with Crippen molar-refractivity contribution in [2.45, 2.75) is 11.3 Å². The maximum Gasteiger partial charge on any atom is 0.274 e. The SMILES string of the molecule is COCC(=O)N=C1SC2CS(=O)(=O)CC2N1c1ccc(Br)cc1Cl. The molecular formula is C14H14BrClN2O4S2. The molecule has 1 aromatic rings. The lowest BCUT2D eigenvalue weighted by Gasteiger charge is -2.25. The van der Waals surface area contributed by atoms with Crippen LogP contribution in [0.15, 0.2) is 27.7 Å². The molecule has 0 bridgehead atoms. The second kappa shape index (κ2) is 6.95. The third kappa shape index (κ3) is 3.65. The number of carbonyl (C=O) groups excluding carboxylic acids is 1. The molecule has 6 nitrogen and oxygen atoms in total. The van der Waals surface area contributed by atoms with Crippen molar-refractivity contribution in [1.29, 1.82) is 0 Å². The van der Waals surface area contributed by atoms with Gasteiger partial charge in [-0.15, -0.1) is 0 Å². The summed E-state index contributed by atoms with van der Waals surface area (Å²) in [5, 5.41) is 0.761. The fraction of sp³-hybridized carbons (Fsp3) is 0.429. The summed E-state index contributed by atoms with van der Waals surface area (Å²) in [6.45, 7) is -0.125.